The summed E-state index contributed by atoms with van der Waals surface area (Å²) in [5, 5.41) is 1.99. The van der Waals surface area contributed by atoms with Gasteiger partial charge in [-0.15, -0.1) is 0 Å². The van der Waals surface area contributed by atoms with Gasteiger partial charge in [0, 0.05) is 17.1 Å². The third kappa shape index (κ3) is 4.46. The molecule has 0 atom stereocenters. The van der Waals surface area contributed by atoms with Crippen LogP contribution >= 0.6 is 11.8 Å². The van der Waals surface area contributed by atoms with Crippen LogP contribution in [0.25, 0.3) is 33.7 Å². The normalized spacial score (nSPS) is 14.7. The van der Waals surface area contributed by atoms with Gasteiger partial charge in [-0.05, 0) is 89.0 Å². The molecular weight excluding hydrogens is 488 g/mol. The average Bonchev–Trinajstić information content (AvgIpc) is 3.37. The van der Waals surface area contributed by atoms with Crippen molar-refractivity contribution in [3.8, 4) is 16.8 Å². The quantitative estimate of drug-likeness (QED) is 0.222. The van der Waals surface area contributed by atoms with Crippen molar-refractivity contribution in [3.63, 3.8) is 0 Å². The number of fused-ring (bicyclic) bond motifs is 1. The summed E-state index contributed by atoms with van der Waals surface area (Å²) in [6.07, 6.45) is 1.85. The SMILES string of the molecule is Cc1cc(/C=C2\SC(=O)N(Cc3ccc4ccccc4c3)C2=O)c(C)n1-c1ccc(-c2ccccc2)cc1. The summed E-state index contributed by atoms with van der Waals surface area (Å²) >= 11 is 1.01. The number of carbonyl (C=O) groups is 2. The highest BCUT2D eigenvalue weighted by Gasteiger charge is 2.35. The van der Waals surface area contributed by atoms with Gasteiger partial charge in [0.05, 0.1) is 11.4 Å². The minimum Gasteiger partial charge on any atom is -0.318 e. The Morgan fingerprint density at radius 2 is 1.42 bits per heavy atom. The van der Waals surface area contributed by atoms with Crippen molar-refractivity contribution in [2.45, 2.75) is 20.4 Å². The second-order valence-electron chi connectivity index (χ2n) is 9.52. The summed E-state index contributed by atoms with van der Waals surface area (Å²) in [7, 11) is 0. The summed E-state index contributed by atoms with van der Waals surface area (Å²) in [4.78, 5) is 27.8. The van der Waals surface area contributed by atoms with Crippen LogP contribution in [0.1, 0.15) is 22.5 Å². The smallest absolute Gasteiger partial charge is 0.293 e. The van der Waals surface area contributed by atoms with E-state index in [9.17, 15) is 9.59 Å². The maximum absolute atomic E-state index is 13.2. The van der Waals surface area contributed by atoms with Crippen molar-refractivity contribution in [1.82, 2.24) is 9.47 Å². The molecule has 1 aromatic heterocycles. The zero-order chi connectivity index (χ0) is 26.2. The van der Waals surface area contributed by atoms with Crippen molar-refractivity contribution in [3.05, 3.63) is 131 Å². The second kappa shape index (κ2) is 9.84. The molecule has 186 valence electrons. The van der Waals surface area contributed by atoms with Crippen molar-refractivity contribution >= 4 is 39.8 Å². The number of imide groups is 1. The first-order valence-corrected chi connectivity index (χ1v) is 13.4. The van der Waals surface area contributed by atoms with Gasteiger partial charge in [0.25, 0.3) is 11.1 Å². The summed E-state index contributed by atoms with van der Waals surface area (Å²) in [5.74, 6) is -0.245. The molecule has 4 nitrogen and oxygen atoms in total. The Hall–Kier alpha value is -4.35. The molecule has 1 aliphatic rings. The van der Waals surface area contributed by atoms with E-state index >= 15 is 0 Å². The first kappa shape index (κ1) is 24.0. The highest BCUT2D eigenvalue weighted by atomic mass is 32.2. The third-order valence-corrected chi connectivity index (χ3v) is 7.93. The van der Waals surface area contributed by atoms with Gasteiger partial charge >= 0.3 is 0 Å². The number of hydrogen-bond acceptors (Lipinski definition) is 3. The molecule has 0 bridgehead atoms. The Morgan fingerprint density at radius 3 is 2.18 bits per heavy atom. The lowest BCUT2D eigenvalue weighted by atomic mass is 10.1. The molecule has 0 aliphatic carbocycles. The Kier molecular flexibility index (Phi) is 6.22. The largest absolute Gasteiger partial charge is 0.318 e. The molecule has 4 aromatic carbocycles. The van der Waals surface area contributed by atoms with E-state index < -0.39 is 0 Å². The Labute approximate surface area is 226 Å². The van der Waals surface area contributed by atoms with E-state index in [1.54, 1.807) is 0 Å². The van der Waals surface area contributed by atoms with Gasteiger partial charge in [0.15, 0.2) is 0 Å². The van der Waals surface area contributed by atoms with Crippen molar-refractivity contribution in [2.24, 2.45) is 0 Å². The van der Waals surface area contributed by atoms with E-state index in [1.807, 2.05) is 67.6 Å². The van der Waals surface area contributed by atoms with Crippen LogP contribution in [0.15, 0.2) is 108 Å². The minimum absolute atomic E-state index is 0.236. The number of nitrogens with zero attached hydrogens (tertiary/aromatic N) is 2. The molecule has 1 saturated heterocycles. The molecule has 0 spiro atoms. The fourth-order valence-corrected chi connectivity index (χ4v) is 5.89. The molecule has 5 heteroatoms. The zero-order valence-electron chi connectivity index (χ0n) is 21.2. The van der Waals surface area contributed by atoms with Crippen molar-refractivity contribution < 1.29 is 9.59 Å². The average molecular weight is 515 g/mol. The molecule has 38 heavy (non-hydrogen) atoms. The van der Waals surface area contributed by atoms with Crippen LogP contribution in [-0.4, -0.2) is 20.6 Å². The van der Waals surface area contributed by atoms with Crippen LogP contribution in [0.5, 0.6) is 0 Å². The van der Waals surface area contributed by atoms with Gasteiger partial charge in [0.1, 0.15) is 0 Å². The van der Waals surface area contributed by atoms with Gasteiger partial charge in [0.2, 0.25) is 0 Å². The van der Waals surface area contributed by atoms with E-state index in [4.69, 9.17) is 0 Å². The Balaban J connectivity index is 1.25. The fraction of sp³-hybridized carbons (Fsp3) is 0.0909. The fourth-order valence-electron chi connectivity index (χ4n) is 5.06. The summed E-state index contributed by atoms with van der Waals surface area (Å²) in [6.45, 7) is 4.36. The maximum atomic E-state index is 13.2. The molecule has 2 amide bonds. The summed E-state index contributed by atoms with van der Waals surface area (Å²) in [6, 6.07) is 35.0. The standard InChI is InChI=1S/C33H26N2O2S/c1-22-18-29(23(2)35(22)30-16-14-27(15-17-30)25-8-4-3-5-9-25)20-31-32(36)34(33(37)38-31)21-24-12-13-26-10-6-7-11-28(26)19-24/h3-20H,21H2,1-2H3/b31-20-. The van der Waals surface area contributed by atoms with Gasteiger partial charge in [-0.25, -0.2) is 0 Å². The molecule has 1 fully saturated rings. The molecule has 0 radical (unpaired) electrons. The van der Waals surface area contributed by atoms with Crippen LogP contribution in [-0.2, 0) is 11.3 Å². The van der Waals surface area contributed by atoms with Crippen LogP contribution < -0.4 is 0 Å². The topological polar surface area (TPSA) is 42.3 Å². The number of aromatic nitrogens is 1. The van der Waals surface area contributed by atoms with Gasteiger partial charge < -0.3 is 4.57 Å². The van der Waals surface area contributed by atoms with Crippen molar-refractivity contribution in [1.29, 1.82) is 0 Å². The molecule has 6 rings (SSSR count). The van der Waals surface area contributed by atoms with Crippen LogP contribution in [0.4, 0.5) is 4.79 Å². The summed E-state index contributed by atoms with van der Waals surface area (Å²) in [5.41, 5.74) is 7.36. The third-order valence-electron chi connectivity index (χ3n) is 7.02. The first-order chi connectivity index (χ1) is 18.5. The molecule has 0 saturated carbocycles. The lowest BCUT2D eigenvalue weighted by Gasteiger charge is -2.13. The van der Waals surface area contributed by atoms with Crippen LogP contribution in [0, 0.1) is 13.8 Å². The van der Waals surface area contributed by atoms with Gasteiger partial charge in [-0.2, -0.15) is 0 Å². The van der Waals surface area contributed by atoms with E-state index in [0.29, 0.717) is 4.91 Å². The Bertz CT molecular complexity index is 1720. The summed E-state index contributed by atoms with van der Waals surface area (Å²) < 4.78 is 2.18. The first-order valence-electron chi connectivity index (χ1n) is 12.6. The number of benzene rings is 4. The molecule has 2 heterocycles. The lowest BCUT2D eigenvalue weighted by molar-refractivity contribution is -0.123. The van der Waals surface area contributed by atoms with Gasteiger partial charge in [-0.3, -0.25) is 14.5 Å². The minimum atomic E-state index is -0.245. The molecule has 0 unspecified atom stereocenters. The molecule has 0 N–H and O–H groups in total. The number of amides is 2. The van der Waals surface area contributed by atoms with Gasteiger partial charge in [-0.1, -0.05) is 78.9 Å². The Morgan fingerprint density at radius 1 is 0.737 bits per heavy atom. The predicted molar refractivity (Wildman–Crippen MR) is 156 cm³/mol. The van der Waals surface area contributed by atoms with Crippen LogP contribution in [0.2, 0.25) is 0 Å². The highest BCUT2D eigenvalue weighted by Crippen LogP contribution is 2.35. The maximum Gasteiger partial charge on any atom is 0.293 e. The lowest BCUT2D eigenvalue weighted by Crippen LogP contribution is -2.27. The molecule has 1 aliphatic heterocycles. The molecule has 5 aromatic rings. The highest BCUT2D eigenvalue weighted by molar-refractivity contribution is 8.18. The van der Waals surface area contributed by atoms with E-state index in [1.165, 1.54) is 10.5 Å². The number of carbonyl (C=O) groups excluding carboxylic acids is 2. The van der Waals surface area contributed by atoms with Crippen LogP contribution in [0.3, 0.4) is 0 Å². The zero-order valence-corrected chi connectivity index (χ0v) is 22.0. The van der Waals surface area contributed by atoms with E-state index in [0.717, 1.165) is 56.3 Å². The number of rotatable bonds is 5. The molecular formula is C33H26N2O2S. The number of aryl methyl sites for hydroxylation is 1. The number of thioether (sulfide) groups is 1. The monoisotopic (exact) mass is 514 g/mol. The predicted octanol–water partition coefficient (Wildman–Crippen LogP) is 8.15. The number of hydrogen-bond donors (Lipinski definition) is 0. The van der Waals surface area contributed by atoms with E-state index in [2.05, 4.69) is 60.0 Å². The second-order valence-corrected chi connectivity index (χ2v) is 10.5. The van der Waals surface area contributed by atoms with E-state index in [-0.39, 0.29) is 17.7 Å². The van der Waals surface area contributed by atoms with Crippen molar-refractivity contribution in [2.75, 3.05) is 0 Å².